The van der Waals surface area contributed by atoms with E-state index in [4.69, 9.17) is 0 Å². The van der Waals surface area contributed by atoms with Crippen molar-refractivity contribution in [3.8, 4) is 11.1 Å². The number of nitrogens with one attached hydrogen (secondary N) is 1. The number of hydrogen-bond acceptors (Lipinski definition) is 2. The van der Waals surface area contributed by atoms with Crippen LogP contribution in [0.1, 0.15) is 103 Å². The molecule has 2 aliphatic heterocycles. The van der Waals surface area contributed by atoms with Gasteiger partial charge in [0.25, 0.3) is 0 Å². The first-order valence-corrected chi connectivity index (χ1v) is 24.3. The van der Waals surface area contributed by atoms with Crippen molar-refractivity contribution in [2.24, 2.45) is 5.92 Å². The predicted octanol–water partition coefficient (Wildman–Crippen LogP) is 15.6. The summed E-state index contributed by atoms with van der Waals surface area (Å²) in [6.45, 7) is 12.6. The first-order valence-electron chi connectivity index (χ1n) is 24.3. The van der Waals surface area contributed by atoms with Gasteiger partial charge in [0.15, 0.2) is 0 Å². The number of aromatic nitrogens is 1. The van der Waals surface area contributed by atoms with E-state index in [9.17, 15) is 0 Å². The Morgan fingerprint density at radius 1 is 0.727 bits per heavy atom. The molecular formula is C63H61N3. The van der Waals surface area contributed by atoms with Crippen LogP contribution in [-0.2, 0) is 19.4 Å². The van der Waals surface area contributed by atoms with Crippen molar-refractivity contribution >= 4 is 16.9 Å². The van der Waals surface area contributed by atoms with Crippen molar-refractivity contribution in [1.29, 1.82) is 0 Å². The Labute approximate surface area is 392 Å². The normalized spacial score (nSPS) is 22.4. The van der Waals surface area contributed by atoms with Gasteiger partial charge in [-0.1, -0.05) is 147 Å². The molecule has 0 saturated carbocycles. The Kier molecular flexibility index (Phi) is 11.1. The van der Waals surface area contributed by atoms with Gasteiger partial charge in [-0.25, -0.2) is 0 Å². The molecule has 0 amide bonds. The van der Waals surface area contributed by atoms with E-state index >= 15 is 0 Å². The Morgan fingerprint density at radius 2 is 1.50 bits per heavy atom. The second-order valence-corrected chi connectivity index (χ2v) is 19.5. The maximum absolute atomic E-state index is 3.55. The smallest absolute Gasteiger partial charge is 0.0499 e. The molecule has 3 heteroatoms. The summed E-state index contributed by atoms with van der Waals surface area (Å²) < 4.78 is 0. The fourth-order valence-corrected chi connectivity index (χ4v) is 12.0. The lowest BCUT2D eigenvalue weighted by atomic mass is 9.81. The third-order valence-corrected chi connectivity index (χ3v) is 15.3. The van der Waals surface area contributed by atoms with E-state index in [-0.39, 0.29) is 5.92 Å². The van der Waals surface area contributed by atoms with Crippen LogP contribution in [0.5, 0.6) is 0 Å². The van der Waals surface area contributed by atoms with Gasteiger partial charge in [-0.15, -0.1) is 0 Å². The Morgan fingerprint density at radius 3 is 2.33 bits per heavy atom. The van der Waals surface area contributed by atoms with Crippen LogP contribution in [0.3, 0.4) is 0 Å². The summed E-state index contributed by atoms with van der Waals surface area (Å²) in [5, 5.41) is 0. The first-order chi connectivity index (χ1) is 32.3. The molecule has 1 N–H and O–H groups in total. The minimum absolute atomic E-state index is 0.276. The molecule has 0 bridgehead atoms. The molecule has 6 aromatic rings. The summed E-state index contributed by atoms with van der Waals surface area (Å²) in [7, 11) is 0. The second-order valence-electron chi connectivity index (χ2n) is 19.5. The highest BCUT2D eigenvalue weighted by atomic mass is 15.2. The number of allylic oxidation sites excluding steroid dienone is 12. The van der Waals surface area contributed by atoms with Crippen molar-refractivity contribution in [1.82, 2.24) is 4.98 Å². The number of H-pyrrole nitrogens is 1. The Bertz CT molecular complexity index is 3040. The number of hydrogen-bond donors (Lipinski definition) is 1. The van der Waals surface area contributed by atoms with E-state index in [1.165, 1.54) is 101 Å². The molecule has 0 radical (unpaired) electrons. The van der Waals surface area contributed by atoms with Crippen molar-refractivity contribution in [2.75, 3.05) is 9.80 Å². The second kappa shape index (κ2) is 17.5. The van der Waals surface area contributed by atoms with Crippen LogP contribution in [0.15, 0.2) is 210 Å². The lowest BCUT2D eigenvalue weighted by Crippen LogP contribution is -2.31. The van der Waals surface area contributed by atoms with Crippen LogP contribution < -0.4 is 9.80 Å². The van der Waals surface area contributed by atoms with Crippen molar-refractivity contribution < 1.29 is 0 Å². The molecule has 0 spiro atoms. The molecule has 11 rings (SSSR count). The zero-order valence-electron chi connectivity index (χ0n) is 39.1. The highest BCUT2D eigenvalue weighted by Crippen LogP contribution is 2.51. The minimum Gasteiger partial charge on any atom is -0.364 e. The maximum atomic E-state index is 3.55. The molecule has 328 valence electrons. The van der Waals surface area contributed by atoms with Gasteiger partial charge in [-0.3, -0.25) is 0 Å². The molecule has 3 aliphatic carbocycles. The maximum Gasteiger partial charge on any atom is 0.0499 e. The van der Waals surface area contributed by atoms with Gasteiger partial charge in [0.05, 0.1) is 0 Å². The van der Waals surface area contributed by atoms with Gasteiger partial charge in [0.2, 0.25) is 0 Å². The molecular weight excluding hydrogens is 799 g/mol. The standard InChI is InChI=1S/C63H61N3/c1-41-28-29-47(38-58(41)61-43(3)32-48-19-9-6-14-26-56(48)61)52-36-46(18-17-25-55-33-44(4)63-50(30-31-64-63)40-65(55)53-21-10-7-11-22-53)35-51(37-52)42(2)34-59-45(5)66(54-23-12-8-13-24-54)60-39-49-20-15-16-27-57(49)62(59)60/h7-17,19-31,33-38,43-44,60-62,64H,6,18,32,39-40H2,1-5H3/b25-17-,42-34+. The molecule has 66 heavy (non-hydrogen) atoms. The summed E-state index contributed by atoms with van der Waals surface area (Å²) in [6, 6.07) is 48.3. The highest BCUT2D eigenvalue weighted by molar-refractivity contribution is 5.77. The van der Waals surface area contributed by atoms with Gasteiger partial charge >= 0.3 is 0 Å². The predicted molar refractivity (Wildman–Crippen MR) is 278 cm³/mol. The fourth-order valence-electron chi connectivity index (χ4n) is 12.0. The third kappa shape index (κ3) is 7.69. The van der Waals surface area contributed by atoms with Crippen LogP contribution in [0.4, 0.5) is 11.4 Å². The monoisotopic (exact) mass is 859 g/mol. The quantitative estimate of drug-likeness (QED) is 0.156. The molecule has 3 heterocycles. The third-order valence-electron chi connectivity index (χ3n) is 15.3. The number of benzene rings is 5. The zero-order chi connectivity index (χ0) is 44.9. The first kappa shape index (κ1) is 41.8. The summed E-state index contributed by atoms with van der Waals surface area (Å²) >= 11 is 0. The van der Waals surface area contributed by atoms with Crippen molar-refractivity contribution in [2.45, 2.75) is 90.6 Å². The van der Waals surface area contributed by atoms with E-state index < -0.39 is 0 Å². The number of anilines is 2. The van der Waals surface area contributed by atoms with Crippen LogP contribution >= 0.6 is 0 Å². The summed E-state index contributed by atoms with van der Waals surface area (Å²) in [4.78, 5) is 8.63. The van der Waals surface area contributed by atoms with Crippen LogP contribution in [0.25, 0.3) is 16.7 Å². The number of nitrogens with zero attached hydrogens (tertiary/aromatic N) is 2. The van der Waals surface area contributed by atoms with E-state index in [1.54, 1.807) is 0 Å². The summed E-state index contributed by atoms with van der Waals surface area (Å²) in [5.41, 5.74) is 24.4. The van der Waals surface area contributed by atoms with E-state index in [1.807, 2.05) is 0 Å². The molecule has 0 fully saturated rings. The van der Waals surface area contributed by atoms with Crippen LogP contribution in [0.2, 0.25) is 0 Å². The largest absolute Gasteiger partial charge is 0.364 e. The summed E-state index contributed by atoms with van der Waals surface area (Å²) in [6.07, 6.45) is 25.3. The lowest BCUT2D eigenvalue weighted by molar-refractivity contribution is 0.550. The van der Waals surface area contributed by atoms with E-state index in [0.717, 1.165) is 32.2 Å². The number of para-hydroxylation sites is 2. The number of rotatable bonds is 9. The van der Waals surface area contributed by atoms with Gasteiger partial charge in [0.1, 0.15) is 0 Å². The summed E-state index contributed by atoms with van der Waals surface area (Å²) in [5.74, 6) is 1.54. The molecule has 5 aromatic carbocycles. The molecule has 0 saturated heterocycles. The van der Waals surface area contributed by atoms with Crippen LogP contribution in [-0.4, -0.2) is 11.0 Å². The van der Waals surface area contributed by atoms with E-state index in [0.29, 0.717) is 23.8 Å². The van der Waals surface area contributed by atoms with Crippen LogP contribution in [0, 0.1) is 12.8 Å². The number of aryl methyl sites for hydroxylation is 1. The SMILES string of the molecule is CC1=C(/C=C(\C)c2cc(C/C=C\C3=CC(C)c4[nH]ccc4CN3c3ccccc3)cc(-c3ccc(C)c(C4C5=C(C=CCC=C5)CC4C)c3)c2)C2c3ccccc3CC2N1c1ccccc1. The lowest BCUT2D eigenvalue weighted by Gasteiger charge is -2.28. The van der Waals surface area contributed by atoms with Gasteiger partial charge in [-0.05, 0) is 167 Å². The van der Waals surface area contributed by atoms with Gasteiger partial charge < -0.3 is 14.8 Å². The molecule has 5 unspecified atom stereocenters. The average molecular weight is 860 g/mol. The fraction of sp³-hybridized carbons (Fsp3) is 0.238. The Balaban J connectivity index is 1.00. The Hall–Kier alpha value is -6.84. The number of fused-ring (bicyclic) bond motifs is 4. The highest BCUT2D eigenvalue weighted by Gasteiger charge is 2.44. The molecule has 5 atom stereocenters. The molecule has 1 aromatic heterocycles. The molecule has 5 aliphatic rings. The number of aromatic amines is 1. The van der Waals surface area contributed by atoms with Gasteiger partial charge in [-0.2, -0.15) is 0 Å². The topological polar surface area (TPSA) is 22.3 Å². The minimum atomic E-state index is 0.276. The van der Waals surface area contributed by atoms with Gasteiger partial charge in [0, 0.05) is 65.0 Å². The average Bonchev–Trinajstić information content (AvgIpc) is 4.04. The van der Waals surface area contributed by atoms with Crippen molar-refractivity contribution in [3.63, 3.8) is 0 Å². The van der Waals surface area contributed by atoms with E-state index in [2.05, 4.69) is 232 Å². The zero-order valence-corrected chi connectivity index (χ0v) is 39.1. The van der Waals surface area contributed by atoms with Crippen molar-refractivity contribution in [3.05, 3.63) is 255 Å². The molecule has 3 nitrogen and oxygen atoms in total.